The summed E-state index contributed by atoms with van der Waals surface area (Å²) < 4.78 is 0. The fourth-order valence-corrected chi connectivity index (χ4v) is 3.61. The van der Waals surface area contributed by atoms with Gasteiger partial charge in [0.2, 0.25) is 11.8 Å². The number of hydrogen-bond acceptors (Lipinski definition) is 4. The standard InChI is InChI=1S/C22H22N4O3/c1-14(16-12-23-18-6-4-3-5-15(16)18)25(2)22(29)8-10-26-9-7-19-17(13-26)20(27)11-21(28)24-19/h3-10,12,14,23H,11,13H2,1-2H3,(H,24,28)/b10-8+. The topological polar surface area (TPSA) is 85.5 Å². The number of aromatic nitrogens is 1. The number of carbonyl (C=O) groups excluding carboxylic acids is 3. The van der Waals surface area contributed by atoms with Gasteiger partial charge in [-0.3, -0.25) is 14.4 Å². The third-order valence-corrected chi connectivity index (χ3v) is 5.44. The van der Waals surface area contributed by atoms with Crippen molar-refractivity contribution >= 4 is 28.5 Å². The zero-order chi connectivity index (χ0) is 20.5. The molecule has 0 radical (unpaired) electrons. The van der Waals surface area contributed by atoms with Crippen LogP contribution in [-0.2, 0) is 14.4 Å². The van der Waals surface area contributed by atoms with E-state index < -0.39 is 0 Å². The van der Waals surface area contributed by atoms with Crippen molar-refractivity contribution in [2.24, 2.45) is 0 Å². The van der Waals surface area contributed by atoms with Gasteiger partial charge in [-0.05, 0) is 24.6 Å². The van der Waals surface area contributed by atoms with Gasteiger partial charge in [0.15, 0.2) is 5.78 Å². The average molecular weight is 390 g/mol. The molecule has 4 rings (SSSR count). The number of fused-ring (bicyclic) bond motifs is 1. The molecule has 0 spiro atoms. The summed E-state index contributed by atoms with van der Waals surface area (Å²) in [5, 5.41) is 3.80. The molecular weight excluding hydrogens is 368 g/mol. The predicted octanol–water partition coefficient (Wildman–Crippen LogP) is 2.37. The van der Waals surface area contributed by atoms with Crippen LogP contribution in [0.5, 0.6) is 0 Å². The highest BCUT2D eigenvalue weighted by Crippen LogP contribution is 2.27. The van der Waals surface area contributed by atoms with Crippen molar-refractivity contribution in [2.45, 2.75) is 19.4 Å². The van der Waals surface area contributed by atoms with Gasteiger partial charge in [0.1, 0.15) is 0 Å². The van der Waals surface area contributed by atoms with Gasteiger partial charge in [-0.15, -0.1) is 0 Å². The quantitative estimate of drug-likeness (QED) is 0.620. The van der Waals surface area contributed by atoms with Crippen molar-refractivity contribution in [1.82, 2.24) is 20.1 Å². The maximum Gasteiger partial charge on any atom is 0.248 e. The minimum Gasteiger partial charge on any atom is -0.361 e. The summed E-state index contributed by atoms with van der Waals surface area (Å²) in [6.45, 7) is 2.32. The number of hydrogen-bond donors (Lipinski definition) is 2. The molecule has 3 heterocycles. The van der Waals surface area contributed by atoms with Crippen LogP contribution in [0.1, 0.15) is 24.9 Å². The number of para-hydroxylation sites is 1. The van der Waals surface area contributed by atoms with Gasteiger partial charge in [0.25, 0.3) is 0 Å². The second-order valence-corrected chi connectivity index (χ2v) is 7.26. The van der Waals surface area contributed by atoms with E-state index in [0.717, 1.165) is 16.5 Å². The lowest BCUT2D eigenvalue weighted by Gasteiger charge is -2.27. The van der Waals surface area contributed by atoms with Gasteiger partial charge in [-0.25, -0.2) is 0 Å². The molecule has 7 nitrogen and oxygen atoms in total. The number of nitrogens with one attached hydrogen (secondary N) is 2. The molecule has 0 saturated heterocycles. The minimum absolute atomic E-state index is 0.107. The van der Waals surface area contributed by atoms with Crippen molar-refractivity contribution in [2.75, 3.05) is 13.6 Å². The molecule has 1 unspecified atom stereocenters. The molecule has 2 amide bonds. The monoisotopic (exact) mass is 390 g/mol. The first-order chi connectivity index (χ1) is 13.9. The molecule has 2 aliphatic heterocycles. The first-order valence-corrected chi connectivity index (χ1v) is 9.45. The molecule has 0 fully saturated rings. The molecule has 148 valence electrons. The minimum atomic E-state index is -0.287. The Morgan fingerprint density at radius 1 is 1.28 bits per heavy atom. The Labute approximate surface area is 168 Å². The average Bonchev–Trinajstić information content (AvgIpc) is 3.15. The third-order valence-electron chi connectivity index (χ3n) is 5.44. The Bertz CT molecular complexity index is 1090. The highest BCUT2D eigenvalue weighted by molar-refractivity contribution is 6.11. The normalized spacial score (nSPS) is 17.7. The Kier molecular flexibility index (Phi) is 4.80. The number of likely N-dealkylation sites (N-methyl/N-ethyl adjacent to an activating group) is 1. The van der Waals surface area contributed by atoms with Crippen molar-refractivity contribution < 1.29 is 14.4 Å². The Morgan fingerprint density at radius 2 is 2.07 bits per heavy atom. The van der Waals surface area contributed by atoms with Crippen LogP contribution in [0.4, 0.5) is 0 Å². The fourth-order valence-electron chi connectivity index (χ4n) is 3.61. The predicted molar refractivity (Wildman–Crippen MR) is 109 cm³/mol. The molecule has 0 saturated carbocycles. The summed E-state index contributed by atoms with van der Waals surface area (Å²) >= 11 is 0. The van der Waals surface area contributed by atoms with Crippen LogP contribution in [-0.4, -0.2) is 46.0 Å². The molecule has 2 aromatic rings. The van der Waals surface area contributed by atoms with Crippen LogP contribution in [0.2, 0.25) is 0 Å². The number of carbonyl (C=O) groups is 3. The summed E-state index contributed by atoms with van der Waals surface area (Å²) in [6, 6.07) is 7.89. The molecule has 1 atom stereocenters. The third kappa shape index (κ3) is 3.59. The molecule has 0 bridgehead atoms. The molecule has 2 N–H and O–H groups in total. The van der Waals surface area contributed by atoms with Crippen LogP contribution < -0.4 is 5.32 Å². The second-order valence-electron chi connectivity index (χ2n) is 7.26. The lowest BCUT2D eigenvalue weighted by molar-refractivity contribution is -0.127. The van der Waals surface area contributed by atoms with Crippen molar-refractivity contribution in [3.8, 4) is 0 Å². The van der Waals surface area contributed by atoms with Crippen molar-refractivity contribution in [3.05, 3.63) is 71.8 Å². The second kappa shape index (κ2) is 7.43. The SMILES string of the molecule is CC(c1c[nH]c2ccccc12)N(C)C(=O)/C=C/N1C=CC2=C(C1)C(=O)CC(=O)N2. The van der Waals surface area contributed by atoms with Crippen molar-refractivity contribution in [3.63, 3.8) is 0 Å². The van der Waals surface area contributed by atoms with Gasteiger partial charge < -0.3 is 20.1 Å². The number of ketones is 1. The maximum absolute atomic E-state index is 12.7. The van der Waals surface area contributed by atoms with Crippen molar-refractivity contribution in [1.29, 1.82) is 0 Å². The fraction of sp³-hybridized carbons (Fsp3) is 0.227. The maximum atomic E-state index is 12.7. The highest BCUT2D eigenvalue weighted by Gasteiger charge is 2.27. The van der Waals surface area contributed by atoms with E-state index >= 15 is 0 Å². The molecular formula is C22H22N4O3. The Balaban J connectivity index is 1.44. The molecule has 1 aromatic carbocycles. The van der Waals surface area contributed by atoms with E-state index in [9.17, 15) is 14.4 Å². The first kappa shape index (κ1) is 18.7. The summed E-state index contributed by atoms with van der Waals surface area (Å²) in [5.74, 6) is -0.604. The number of Topliss-reactive ketones (excluding diaryl/α,β-unsaturated/α-hetero) is 1. The van der Waals surface area contributed by atoms with E-state index in [0.29, 0.717) is 17.8 Å². The number of nitrogens with zero attached hydrogens (tertiary/aromatic N) is 2. The molecule has 0 aliphatic carbocycles. The first-order valence-electron chi connectivity index (χ1n) is 9.45. The van der Waals surface area contributed by atoms with E-state index in [1.165, 1.54) is 6.08 Å². The zero-order valence-electron chi connectivity index (χ0n) is 16.3. The van der Waals surface area contributed by atoms with Crippen LogP contribution in [0.3, 0.4) is 0 Å². The van der Waals surface area contributed by atoms with E-state index in [-0.39, 0.29) is 30.1 Å². The van der Waals surface area contributed by atoms with Crippen LogP contribution >= 0.6 is 0 Å². The van der Waals surface area contributed by atoms with E-state index in [4.69, 9.17) is 0 Å². The summed E-state index contributed by atoms with van der Waals surface area (Å²) in [7, 11) is 1.77. The lowest BCUT2D eigenvalue weighted by atomic mass is 9.99. The van der Waals surface area contributed by atoms with Gasteiger partial charge >= 0.3 is 0 Å². The number of benzene rings is 1. The van der Waals surface area contributed by atoms with Gasteiger partial charge in [-0.1, -0.05) is 18.2 Å². The number of rotatable bonds is 4. The zero-order valence-corrected chi connectivity index (χ0v) is 16.3. The smallest absolute Gasteiger partial charge is 0.248 e. The number of amides is 2. The summed E-state index contributed by atoms with van der Waals surface area (Å²) in [5.41, 5.74) is 3.20. The Morgan fingerprint density at radius 3 is 2.90 bits per heavy atom. The molecule has 2 aliphatic rings. The Hall–Kier alpha value is -3.61. The molecule has 7 heteroatoms. The van der Waals surface area contributed by atoms with Crippen LogP contribution in [0.15, 0.2) is 66.3 Å². The van der Waals surface area contributed by atoms with Gasteiger partial charge in [-0.2, -0.15) is 0 Å². The van der Waals surface area contributed by atoms with E-state index in [1.807, 2.05) is 37.4 Å². The van der Waals surface area contributed by atoms with Crippen LogP contribution in [0, 0.1) is 0 Å². The number of aromatic amines is 1. The lowest BCUT2D eigenvalue weighted by Crippen LogP contribution is -2.37. The van der Waals surface area contributed by atoms with E-state index in [2.05, 4.69) is 10.3 Å². The summed E-state index contributed by atoms with van der Waals surface area (Å²) in [6.07, 6.45) is 8.38. The number of allylic oxidation sites excluding steroid dienone is 1. The molecule has 1 aromatic heterocycles. The summed E-state index contributed by atoms with van der Waals surface area (Å²) in [4.78, 5) is 42.9. The highest BCUT2D eigenvalue weighted by atomic mass is 16.2. The molecule has 29 heavy (non-hydrogen) atoms. The largest absolute Gasteiger partial charge is 0.361 e. The van der Waals surface area contributed by atoms with Crippen LogP contribution in [0.25, 0.3) is 10.9 Å². The van der Waals surface area contributed by atoms with E-state index in [1.54, 1.807) is 35.3 Å². The van der Waals surface area contributed by atoms with Gasteiger partial charge in [0.05, 0.1) is 24.7 Å². The number of H-pyrrole nitrogens is 1. The van der Waals surface area contributed by atoms with Gasteiger partial charge in [0, 0.05) is 48.2 Å².